The monoisotopic (exact) mass is 372 g/mol. The molecule has 0 radical (unpaired) electrons. The molecule has 2 aromatic heterocycles. The second kappa shape index (κ2) is 7.54. The van der Waals surface area contributed by atoms with Crippen molar-refractivity contribution in [2.75, 3.05) is 13.1 Å². The van der Waals surface area contributed by atoms with Gasteiger partial charge in [0.05, 0.1) is 11.1 Å². The van der Waals surface area contributed by atoms with Gasteiger partial charge in [0.25, 0.3) is 5.91 Å². The minimum absolute atomic E-state index is 0.0286. The van der Waals surface area contributed by atoms with Crippen LogP contribution >= 0.6 is 0 Å². The Kier molecular flexibility index (Phi) is 5.34. The smallest absolute Gasteiger partial charge is 0.274 e. The molecular formula is C19H28N6O2. The third kappa shape index (κ3) is 3.89. The van der Waals surface area contributed by atoms with Crippen molar-refractivity contribution in [3.63, 3.8) is 0 Å². The Morgan fingerprint density at radius 2 is 2.15 bits per heavy atom. The van der Waals surface area contributed by atoms with Gasteiger partial charge in [0, 0.05) is 43.6 Å². The zero-order chi connectivity index (χ0) is 19.6. The quantitative estimate of drug-likeness (QED) is 0.836. The second-order valence-corrected chi connectivity index (χ2v) is 7.54. The van der Waals surface area contributed by atoms with Crippen LogP contribution in [-0.2, 0) is 17.9 Å². The maximum Gasteiger partial charge on any atom is 0.274 e. The number of nitrogens with one attached hydrogen (secondary N) is 2. The molecule has 0 spiro atoms. The summed E-state index contributed by atoms with van der Waals surface area (Å²) < 4.78 is 1.73. The van der Waals surface area contributed by atoms with Crippen molar-refractivity contribution in [2.45, 2.75) is 53.6 Å². The topological polar surface area (TPSA) is 95.9 Å². The number of aryl methyl sites for hydroxylation is 3. The SMILES string of the molecule is CCn1ccc(C(=O)N2CCCC(C)(C(=O)NCc3c(C)n[nH]c3C)C2)n1. The Morgan fingerprint density at radius 1 is 1.37 bits per heavy atom. The number of nitrogens with zero attached hydrogens (tertiary/aromatic N) is 4. The van der Waals surface area contributed by atoms with Crippen LogP contribution in [0, 0.1) is 19.3 Å². The minimum Gasteiger partial charge on any atom is -0.351 e. The maximum atomic E-state index is 12.9. The van der Waals surface area contributed by atoms with Crippen molar-refractivity contribution in [2.24, 2.45) is 5.41 Å². The van der Waals surface area contributed by atoms with Gasteiger partial charge in [-0.15, -0.1) is 0 Å². The van der Waals surface area contributed by atoms with E-state index in [4.69, 9.17) is 0 Å². The largest absolute Gasteiger partial charge is 0.351 e. The number of hydrogen-bond acceptors (Lipinski definition) is 4. The molecule has 1 aliphatic rings. The van der Waals surface area contributed by atoms with Crippen molar-refractivity contribution in [1.82, 2.24) is 30.2 Å². The first-order valence-corrected chi connectivity index (χ1v) is 9.45. The highest BCUT2D eigenvalue weighted by Gasteiger charge is 2.39. The fourth-order valence-electron chi connectivity index (χ4n) is 3.63. The van der Waals surface area contributed by atoms with E-state index < -0.39 is 5.41 Å². The number of hydrogen-bond donors (Lipinski definition) is 2. The van der Waals surface area contributed by atoms with Gasteiger partial charge in [-0.1, -0.05) is 0 Å². The van der Waals surface area contributed by atoms with Gasteiger partial charge in [0.15, 0.2) is 0 Å². The van der Waals surface area contributed by atoms with Crippen LogP contribution in [0.4, 0.5) is 0 Å². The molecule has 0 bridgehead atoms. The van der Waals surface area contributed by atoms with E-state index in [9.17, 15) is 9.59 Å². The summed E-state index contributed by atoms with van der Waals surface area (Å²) >= 11 is 0. The van der Waals surface area contributed by atoms with Gasteiger partial charge >= 0.3 is 0 Å². The summed E-state index contributed by atoms with van der Waals surface area (Å²) in [4.78, 5) is 27.4. The second-order valence-electron chi connectivity index (χ2n) is 7.54. The van der Waals surface area contributed by atoms with Crippen molar-refractivity contribution in [1.29, 1.82) is 0 Å². The zero-order valence-electron chi connectivity index (χ0n) is 16.5. The zero-order valence-corrected chi connectivity index (χ0v) is 16.5. The Labute approximate surface area is 159 Å². The van der Waals surface area contributed by atoms with E-state index in [0.29, 0.717) is 25.3 Å². The molecule has 0 aromatic carbocycles. The first kappa shape index (κ1) is 19.1. The average molecular weight is 372 g/mol. The number of likely N-dealkylation sites (tertiary alicyclic amines) is 1. The van der Waals surface area contributed by atoms with Gasteiger partial charge < -0.3 is 10.2 Å². The Morgan fingerprint density at radius 3 is 2.78 bits per heavy atom. The van der Waals surface area contributed by atoms with E-state index >= 15 is 0 Å². The van der Waals surface area contributed by atoms with E-state index in [1.165, 1.54) is 0 Å². The van der Waals surface area contributed by atoms with E-state index in [1.54, 1.807) is 21.8 Å². The number of aromatic nitrogens is 4. The third-order valence-corrected chi connectivity index (χ3v) is 5.42. The third-order valence-electron chi connectivity index (χ3n) is 5.42. The van der Waals surface area contributed by atoms with Gasteiger partial charge in [-0.05, 0) is 46.6 Å². The first-order valence-electron chi connectivity index (χ1n) is 9.45. The van der Waals surface area contributed by atoms with Crippen LogP contribution in [0.15, 0.2) is 12.3 Å². The lowest BCUT2D eigenvalue weighted by Crippen LogP contribution is -2.51. The molecule has 3 heterocycles. The summed E-state index contributed by atoms with van der Waals surface area (Å²) in [6, 6.07) is 1.74. The molecule has 2 aromatic rings. The molecule has 8 nitrogen and oxygen atoms in total. The molecule has 1 fully saturated rings. The average Bonchev–Trinajstić information content (AvgIpc) is 3.26. The molecule has 0 aliphatic carbocycles. The van der Waals surface area contributed by atoms with Crippen LogP contribution in [0.2, 0.25) is 0 Å². The number of rotatable bonds is 5. The van der Waals surface area contributed by atoms with E-state index in [-0.39, 0.29) is 11.8 Å². The van der Waals surface area contributed by atoms with Gasteiger partial charge in [-0.2, -0.15) is 10.2 Å². The normalized spacial score (nSPS) is 19.9. The molecule has 0 saturated carbocycles. The Bertz CT molecular complexity index is 820. The lowest BCUT2D eigenvalue weighted by molar-refractivity contribution is -0.132. The predicted molar refractivity (Wildman–Crippen MR) is 101 cm³/mol. The van der Waals surface area contributed by atoms with Crippen LogP contribution in [0.25, 0.3) is 0 Å². The van der Waals surface area contributed by atoms with Crippen LogP contribution < -0.4 is 5.32 Å². The Balaban J connectivity index is 1.66. The van der Waals surface area contributed by atoms with Gasteiger partial charge in [0.2, 0.25) is 5.91 Å². The van der Waals surface area contributed by atoms with Crippen molar-refractivity contribution < 1.29 is 9.59 Å². The number of piperidine rings is 1. The van der Waals surface area contributed by atoms with E-state index in [0.717, 1.165) is 36.3 Å². The highest BCUT2D eigenvalue weighted by atomic mass is 16.2. The maximum absolute atomic E-state index is 12.9. The van der Waals surface area contributed by atoms with Gasteiger partial charge in [-0.3, -0.25) is 19.4 Å². The molecule has 2 N–H and O–H groups in total. The van der Waals surface area contributed by atoms with Gasteiger partial charge in [-0.25, -0.2) is 0 Å². The van der Waals surface area contributed by atoms with Crippen LogP contribution in [0.5, 0.6) is 0 Å². The fourth-order valence-corrected chi connectivity index (χ4v) is 3.63. The first-order chi connectivity index (χ1) is 12.8. The molecule has 2 amide bonds. The molecule has 8 heteroatoms. The highest BCUT2D eigenvalue weighted by Crippen LogP contribution is 2.30. The van der Waals surface area contributed by atoms with Crippen LogP contribution in [0.3, 0.4) is 0 Å². The van der Waals surface area contributed by atoms with Crippen LogP contribution in [0.1, 0.15) is 54.1 Å². The standard InChI is InChI=1S/C19H28N6O2/c1-5-25-10-7-16(23-25)17(26)24-9-6-8-19(4,12-24)18(27)20-11-15-13(2)21-22-14(15)3/h7,10H,5-6,8-9,11-12H2,1-4H3,(H,20,27)(H,21,22). The summed E-state index contributed by atoms with van der Waals surface area (Å²) in [5.41, 5.74) is 2.70. The summed E-state index contributed by atoms with van der Waals surface area (Å²) in [5, 5.41) is 14.4. The molecule has 1 atom stereocenters. The molecule has 3 rings (SSSR count). The number of aromatic amines is 1. The van der Waals surface area contributed by atoms with Crippen molar-refractivity contribution in [3.05, 3.63) is 34.9 Å². The van der Waals surface area contributed by atoms with Crippen LogP contribution in [-0.4, -0.2) is 49.8 Å². The molecule has 1 saturated heterocycles. The summed E-state index contributed by atoms with van der Waals surface area (Å²) in [6.45, 7) is 10.00. The van der Waals surface area contributed by atoms with Crippen molar-refractivity contribution in [3.8, 4) is 0 Å². The minimum atomic E-state index is -0.604. The van der Waals surface area contributed by atoms with E-state index in [1.807, 2.05) is 27.7 Å². The summed E-state index contributed by atoms with van der Waals surface area (Å²) in [6.07, 6.45) is 3.36. The summed E-state index contributed by atoms with van der Waals surface area (Å²) in [7, 11) is 0. The number of H-pyrrole nitrogens is 1. The highest BCUT2D eigenvalue weighted by molar-refractivity contribution is 5.93. The predicted octanol–water partition coefficient (Wildman–Crippen LogP) is 1.80. The van der Waals surface area contributed by atoms with Crippen molar-refractivity contribution >= 4 is 11.8 Å². The lowest BCUT2D eigenvalue weighted by Gasteiger charge is -2.39. The summed E-state index contributed by atoms with van der Waals surface area (Å²) in [5.74, 6) is -0.137. The number of carbonyl (C=O) groups excluding carboxylic acids is 2. The lowest BCUT2D eigenvalue weighted by atomic mass is 9.80. The molecule has 146 valence electrons. The number of amides is 2. The molecule has 1 unspecified atom stereocenters. The fraction of sp³-hybridized carbons (Fsp3) is 0.579. The molecule has 27 heavy (non-hydrogen) atoms. The molecule has 1 aliphatic heterocycles. The van der Waals surface area contributed by atoms with E-state index in [2.05, 4.69) is 20.6 Å². The Hall–Kier alpha value is -2.64. The number of carbonyl (C=O) groups is 2. The van der Waals surface area contributed by atoms with Gasteiger partial charge in [0.1, 0.15) is 5.69 Å². The molecular weight excluding hydrogens is 344 g/mol.